The zero-order valence-corrected chi connectivity index (χ0v) is 5.60. The Morgan fingerprint density at radius 3 is 3.00 bits per heavy atom. The molecule has 0 saturated heterocycles. The maximum Gasteiger partial charge on any atom is 0.323 e. The van der Waals surface area contributed by atoms with Crippen molar-refractivity contribution in [3.05, 3.63) is 18.2 Å². The molecule has 0 fully saturated rings. The van der Waals surface area contributed by atoms with Gasteiger partial charge in [0.15, 0.2) is 6.29 Å². The van der Waals surface area contributed by atoms with Crippen molar-refractivity contribution in [3.63, 3.8) is 0 Å². The minimum absolute atomic E-state index is 0.166. The fourth-order valence-electron chi connectivity index (χ4n) is 0.681. The molecule has 1 aromatic rings. The molecule has 0 aromatic carbocycles. The molecule has 0 aliphatic carbocycles. The van der Waals surface area contributed by atoms with E-state index in [1.165, 1.54) is 17.1 Å². The Hall–Kier alpha value is -1.65. The van der Waals surface area contributed by atoms with Crippen LogP contribution < -0.4 is 0 Å². The molecule has 0 spiro atoms. The van der Waals surface area contributed by atoms with Crippen LogP contribution in [0.1, 0.15) is 10.5 Å². The van der Waals surface area contributed by atoms with Gasteiger partial charge in [0, 0.05) is 6.20 Å². The van der Waals surface area contributed by atoms with E-state index in [2.05, 4.69) is 4.98 Å². The van der Waals surface area contributed by atoms with Crippen molar-refractivity contribution >= 4 is 12.3 Å². The third-order valence-corrected chi connectivity index (χ3v) is 1.09. The highest BCUT2D eigenvalue weighted by molar-refractivity contribution is 5.71. The van der Waals surface area contributed by atoms with Crippen LogP contribution in [0.15, 0.2) is 12.5 Å². The largest absolute Gasteiger partial charge is 0.480 e. The van der Waals surface area contributed by atoms with Gasteiger partial charge in [-0.3, -0.25) is 9.59 Å². The van der Waals surface area contributed by atoms with E-state index in [0.29, 0.717) is 6.29 Å². The van der Waals surface area contributed by atoms with Crippen LogP contribution >= 0.6 is 0 Å². The molecule has 0 atom stereocenters. The molecule has 1 aromatic heterocycles. The molecule has 1 rings (SSSR count). The average Bonchev–Trinajstić information content (AvgIpc) is 2.34. The number of carbonyl (C=O) groups excluding carboxylic acids is 1. The highest BCUT2D eigenvalue weighted by Gasteiger charge is 2.00. The lowest BCUT2D eigenvalue weighted by molar-refractivity contribution is -0.137. The molecule has 0 amide bonds. The topological polar surface area (TPSA) is 72.2 Å². The number of hydrogen-bond acceptors (Lipinski definition) is 3. The van der Waals surface area contributed by atoms with Crippen molar-refractivity contribution in [2.45, 2.75) is 6.54 Å². The summed E-state index contributed by atoms with van der Waals surface area (Å²) >= 11 is 0. The number of aliphatic carboxylic acids is 1. The Bertz CT molecular complexity index is 279. The van der Waals surface area contributed by atoms with Crippen LogP contribution in [-0.2, 0) is 11.3 Å². The van der Waals surface area contributed by atoms with Gasteiger partial charge in [0.1, 0.15) is 12.2 Å². The van der Waals surface area contributed by atoms with E-state index < -0.39 is 5.97 Å². The third-order valence-electron chi connectivity index (χ3n) is 1.09. The second kappa shape index (κ2) is 2.96. The fourth-order valence-corrected chi connectivity index (χ4v) is 0.681. The van der Waals surface area contributed by atoms with Crippen LogP contribution in [0.4, 0.5) is 0 Å². The Labute approximate surface area is 62.3 Å². The fraction of sp³-hybridized carbons (Fsp3) is 0.167. The van der Waals surface area contributed by atoms with Crippen LogP contribution in [0, 0.1) is 0 Å². The van der Waals surface area contributed by atoms with E-state index in [9.17, 15) is 9.59 Å². The number of carbonyl (C=O) groups is 2. The van der Waals surface area contributed by atoms with Gasteiger partial charge in [-0.2, -0.15) is 0 Å². The molecule has 1 N–H and O–H groups in total. The summed E-state index contributed by atoms with van der Waals surface area (Å²) in [5.74, 6) is -0.958. The first-order valence-corrected chi connectivity index (χ1v) is 2.91. The molecule has 0 bridgehead atoms. The van der Waals surface area contributed by atoms with E-state index >= 15 is 0 Å². The van der Waals surface area contributed by atoms with Crippen molar-refractivity contribution in [2.75, 3.05) is 0 Å². The van der Waals surface area contributed by atoms with Gasteiger partial charge in [0.2, 0.25) is 0 Å². The normalized spacial score (nSPS) is 9.45. The quantitative estimate of drug-likeness (QED) is 0.611. The molecule has 0 saturated carbocycles. The van der Waals surface area contributed by atoms with E-state index in [0.717, 1.165) is 0 Å². The number of aldehydes is 1. The van der Waals surface area contributed by atoms with Crippen LogP contribution in [0.25, 0.3) is 0 Å². The number of nitrogens with zero attached hydrogens (tertiary/aromatic N) is 2. The molecule has 0 unspecified atom stereocenters. The van der Waals surface area contributed by atoms with Crippen molar-refractivity contribution in [2.24, 2.45) is 0 Å². The summed E-state index contributed by atoms with van der Waals surface area (Å²) < 4.78 is 1.33. The Morgan fingerprint density at radius 2 is 2.55 bits per heavy atom. The SMILES string of the molecule is O=Cc1cn(CC(=O)O)cn1. The zero-order valence-electron chi connectivity index (χ0n) is 5.60. The van der Waals surface area contributed by atoms with Crippen LogP contribution in [0.5, 0.6) is 0 Å². The van der Waals surface area contributed by atoms with Crippen molar-refractivity contribution < 1.29 is 14.7 Å². The zero-order chi connectivity index (χ0) is 8.27. The molecule has 0 radical (unpaired) electrons. The molecule has 58 valence electrons. The molecule has 0 aliphatic heterocycles. The van der Waals surface area contributed by atoms with Crippen LogP contribution in [-0.4, -0.2) is 26.9 Å². The number of aromatic nitrogens is 2. The number of imidazole rings is 1. The number of hydrogen-bond donors (Lipinski definition) is 1. The lowest BCUT2D eigenvalue weighted by Crippen LogP contribution is -2.06. The first-order chi connectivity index (χ1) is 5.22. The Balaban J connectivity index is 2.72. The lowest BCUT2D eigenvalue weighted by Gasteiger charge is -1.92. The Morgan fingerprint density at radius 1 is 1.82 bits per heavy atom. The molecule has 5 nitrogen and oxygen atoms in total. The summed E-state index contributed by atoms with van der Waals surface area (Å²) in [6.45, 7) is -0.166. The van der Waals surface area contributed by atoms with Gasteiger partial charge in [-0.05, 0) is 0 Å². The maximum atomic E-state index is 10.1. The average molecular weight is 154 g/mol. The second-order valence-corrected chi connectivity index (χ2v) is 1.98. The van der Waals surface area contributed by atoms with E-state index in [1.807, 2.05) is 0 Å². The van der Waals surface area contributed by atoms with Gasteiger partial charge in [-0.1, -0.05) is 0 Å². The number of carboxylic acid groups (broad SMARTS) is 1. The minimum Gasteiger partial charge on any atom is -0.480 e. The summed E-state index contributed by atoms with van der Waals surface area (Å²) in [6, 6.07) is 0. The van der Waals surface area contributed by atoms with Crippen molar-refractivity contribution in [3.8, 4) is 0 Å². The number of carboxylic acids is 1. The minimum atomic E-state index is -0.958. The predicted octanol–water partition coefficient (Wildman–Crippen LogP) is -0.220. The van der Waals surface area contributed by atoms with Crippen LogP contribution in [0.3, 0.4) is 0 Å². The molecular weight excluding hydrogens is 148 g/mol. The molecule has 1 heterocycles. The standard InChI is InChI=1S/C6H6N2O3/c9-3-5-1-8(4-7-5)2-6(10)11/h1,3-4H,2H2,(H,10,11). The summed E-state index contributed by atoms with van der Waals surface area (Å²) in [6.07, 6.45) is 3.25. The summed E-state index contributed by atoms with van der Waals surface area (Å²) in [7, 11) is 0. The molecular formula is C6H6N2O3. The van der Waals surface area contributed by atoms with Gasteiger partial charge >= 0.3 is 5.97 Å². The Kier molecular flexibility index (Phi) is 2.00. The van der Waals surface area contributed by atoms with E-state index in [1.54, 1.807) is 0 Å². The first kappa shape index (κ1) is 7.46. The van der Waals surface area contributed by atoms with E-state index in [4.69, 9.17) is 5.11 Å². The lowest BCUT2D eigenvalue weighted by atomic mass is 10.5. The van der Waals surface area contributed by atoms with Crippen molar-refractivity contribution in [1.29, 1.82) is 0 Å². The van der Waals surface area contributed by atoms with Crippen molar-refractivity contribution in [1.82, 2.24) is 9.55 Å². The second-order valence-electron chi connectivity index (χ2n) is 1.98. The summed E-state index contributed by atoms with van der Waals surface area (Å²) in [4.78, 5) is 23.8. The van der Waals surface area contributed by atoms with Gasteiger partial charge in [0.25, 0.3) is 0 Å². The van der Waals surface area contributed by atoms with Crippen LogP contribution in [0.2, 0.25) is 0 Å². The van der Waals surface area contributed by atoms with Gasteiger partial charge in [-0.25, -0.2) is 4.98 Å². The number of rotatable bonds is 3. The van der Waals surface area contributed by atoms with Gasteiger partial charge < -0.3 is 9.67 Å². The molecule has 5 heteroatoms. The monoisotopic (exact) mass is 154 g/mol. The smallest absolute Gasteiger partial charge is 0.323 e. The summed E-state index contributed by atoms with van der Waals surface area (Å²) in [5.41, 5.74) is 0.242. The summed E-state index contributed by atoms with van der Waals surface area (Å²) in [5, 5.41) is 8.31. The highest BCUT2D eigenvalue weighted by atomic mass is 16.4. The van der Waals surface area contributed by atoms with Gasteiger partial charge in [0.05, 0.1) is 6.33 Å². The molecule has 11 heavy (non-hydrogen) atoms. The molecule has 0 aliphatic rings. The highest BCUT2D eigenvalue weighted by Crippen LogP contribution is 1.91. The van der Waals surface area contributed by atoms with E-state index in [-0.39, 0.29) is 12.2 Å². The predicted molar refractivity (Wildman–Crippen MR) is 35.3 cm³/mol. The first-order valence-electron chi connectivity index (χ1n) is 2.91. The third kappa shape index (κ3) is 1.89. The maximum absolute atomic E-state index is 10.1. The van der Waals surface area contributed by atoms with Gasteiger partial charge in [-0.15, -0.1) is 0 Å².